The van der Waals surface area contributed by atoms with Crippen LogP contribution in [-0.2, 0) is 9.53 Å². The minimum atomic E-state index is -0.981. The average Bonchev–Trinajstić information content (AvgIpc) is 2.35. The number of hydrogen-bond acceptors (Lipinski definition) is 3. The van der Waals surface area contributed by atoms with E-state index >= 15 is 0 Å². The molecule has 0 bridgehead atoms. The van der Waals surface area contributed by atoms with E-state index in [1.807, 2.05) is 6.92 Å². The third-order valence-corrected chi connectivity index (χ3v) is 4.30. The molecule has 6 heteroatoms. The van der Waals surface area contributed by atoms with Crippen LogP contribution in [0.2, 0.25) is 0 Å². The van der Waals surface area contributed by atoms with Gasteiger partial charge < -0.3 is 20.1 Å². The lowest BCUT2D eigenvalue weighted by molar-refractivity contribution is -0.159. The van der Waals surface area contributed by atoms with Gasteiger partial charge in [0.15, 0.2) is 0 Å². The number of rotatable bonds is 4. The third-order valence-electron chi connectivity index (χ3n) is 4.30. The van der Waals surface area contributed by atoms with Gasteiger partial charge in [0, 0.05) is 6.04 Å². The number of ether oxygens (including phenoxy) is 1. The van der Waals surface area contributed by atoms with Gasteiger partial charge in [-0.3, -0.25) is 0 Å². The topological polar surface area (TPSA) is 78.9 Å². The van der Waals surface area contributed by atoms with Crippen molar-refractivity contribution in [2.24, 2.45) is 5.92 Å². The number of nitrogens with zero attached hydrogens (tertiary/aromatic N) is 1. The summed E-state index contributed by atoms with van der Waals surface area (Å²) < 4.78 is 5.30. The first-order valence-corrected chi connectivity index (χ1v) is 7.31. The molecule has 0 aromatic rings. The van der Waals surface area contributed by atoms with E-state index in [-0.39, 0.29) is 18.7 Å². The summed E-state index contributed by atoms with van der Waals surface area (Å²) in [6.45, 7) is 4.61. The lowest BCUT2D eigenvalue weighted by Gasteiger charge is -2.47. The van der Waals surface area contributed by atoms with Crippen LogP contribution < -0.4 is 5.32 Å². The molecule has 2 atom stereocenters. The maximum Gasteiger partial charge on any atom is 0.329 e. The second-order valence-electron chi connectivity index (χ2n) is 6.31. The van der Waals surface area contributed by atoms with Gasteiger partial charge in [-0.25, -0.2) is 9.59 Å². The van der Waals surface area contributed by atoms with Crippen LogP contribution >= 0.6 is 0 Å². The number of amides is 2. The van der Waals surface area contributed by atoms with E-state index in [0.717, 1.165) is 6.42 Å². The largest absolute Gasteiger partial charge is 0.480 e. The van der Waals surface area contributed by atoms with Crippen molar-refractivity contribution >= 4 is 12.0 Å². The van der Waals surface area contributed by atoms with Crippen LogP contribution in [0.1, 0.15) is 39.5 Å². The minimum absolute atomic E-state index is 0.0554. The van der Waals surface area contributed by atoms with Gasteiger partial charge in [-0.1, -0.05) is 19.8 Å². The number of urea groups is 1. The number of aliphatic carboxylic acids is 1. The van der Waals surface area contributed by atoms with Crippen LogP contribution in [-0.4, -0.2) is 53.3 Å². The number of carboxylic acid groups (broad SMARTS) is 1. The van der Waals surface area contributed by atoms with Crippen LogP contribution in [0.4, 0.5) is 4.79 Å². The highest BCUT2D eigenvalue weighted by atomic mass is 16.5. The molecule has 1 saturated carbocycles. The fourth-order valence-electron chi connectivity index (χ4n) is 3.01. The van der Waals surface area contributed by atoms with E-state index in [0.29, 0.717) is 19.0 Å². The predicted molar refractivity (Wildman–Crippen MR) is 73.5 cm³/mol. The Labute approximate surface area is 119 Å². The van der Waals surface area contributed by atoms with Crippen LogP contribution in [0.15, 0.2) is 0 Å². The van der Waals surface area contributed by atoms with Gasteiger partial charge in [-0.15, -0.1) is 0 Å². The summed E-state index contributed by atoms with van der Waals surface area (Å²) >= 11 is 0. The molecule has 2 amide bonds. The van der Waals surface area contributed by atoms with Crippen LogP contribution in [0.25, 0.3) is 0 Å². The Kier molecular flexibility index (Phi) is 4.52. The van der Waals surface area contributed by atoms with Crippen molar-refractivity contribution in [3.63, 3.8) is 0 Å². The van der Waals surface area contributed by atoms with Gasteiger partial charge >= 0.3 is 12.0 Å². The van der Waals surface area contributed by atoms with E-state index in [1.165, 1.54) is 19.3 Å². The average molecular weight is 284 g/mol. The van der Waals surface area contributed by atoms with E-state index in [4.69, 9.17) is 9.84 Å². The minimum Gasteiger partial charge on any atom is -0.480 e. The predicted octanol–water partition coefficient (Wildman–Crippen LogP) is 1.45. The zero-order valence-corrected chi connectivity index (χ0v) is 12.2. The summed E-state index contributed by atoms with van der Waals surface area (Å²) in [5, 5.41) is 11.7. The molecule has 2 aliphatic rings. The van der Waals surface area contributed by atoms with Crippen LogP contribution in [0, 0.1) is 5.92 Å². The zero-order chi connectivity index (χ0) is 14.8. The number of carbonyl (C=O) groups is 2. The summed E-state index contributed by atoms with van der Waals surface area (Å²) in [7, 11) is 0. The molecule has 0 spiro atoms. The van der Waals surface area contributed by atoms with Gasteiger partial charge in [0.25, 0.3) is 0 Å². The molecule has 114 valence electrons. The molecule has 1 heterocycles. The number of hydrogen-bond donors (Lipinski definition) is 2. The Morgan fingerprint density at radius 1 is 1.35 bits per heavy atom. The third kappa shape index (κ3) is 3.62. The lowest BCUT2D eigenvalue weighted by atomic mass is 9.86. The van der Waals surface area contributed by atoms with Crippen LogP contribution in [0.5, 0.6) is 0 Å². The first-order valence-electron chi connectivity index (χ1n) is 7.31. The second kappa shape index (κ2) is 5.99. The lowest BCUT2D eigenvalue weighted by Crippen LogP contribution is -2.66. The molecule has 1 aliphatic carbocycles. The molecule has 2 N–H and O–H groups in total. The first-order chi connectivity index (χ1) is 9.39. The summed E-state index contributed by atoms with van der Waals surface area (Å²) in [6.07, 6.45) is 4.64. The number of carbonyl (C=O) groups excluding carboxylic acids is 1. The maximum absolute atomic E-state index is 12.1. The molecule has 2 rings (SSSR count). The number of likely N-dealkylation sites (tertiary alicyclic amines) is 1. The fraction of sp³-hybridized carbons (Fsp3) is 0.857. The Bertz CT molecular complexity index is 379. The molecular weight excluding hydrogens is 260 g/mol. The Hall–Kier alpha value is -1.30. The molecule has 6 nitrogen and oxygen atoms in total. The van der Waals surface area contributed by atoms with Crippen molar-refractivity contribution in [3.05, 3.63) is 0 Å². The van der Waals surface area contributed by atoms with E-state index < -0.39 is 11.6 Å². The quantitative estimate of drug-likeness (QED) is 0.819. The fourth-order valence-corrected chi connectivity index (χ4v) is 3.01. The molecule has 1 aliphatic heterocycles. The molecule has 1 saturated heterocycles. The highest BCUT2D eigenvalue weighted by molar-refractivity contribution is 5.76. The SMILES string of the molecule is CC1CCCCC1NC(=O)N1CC(C)(OCC(=O)O)C1. The molecule has 2 unspecified atom stereocenters. The van der Waals surface area contributed by atoms with E-state index in [2.05, 4.69) is 12.2 Å². The molecule has 0 aromatic carbocycles. The van der Waals surface area contributed by atoms with Gasteiger partial charge in [0.05, 0.1) is 13.1 Å². The molecule has 20 heavy (non-hydrogen) atoms. The van der Waals surface area contributed by atoms with Gasteiger partial charge in [-0.05, 0) is 25.7 Å². The number of nitrogens with one attached hydrogen (secondary N) is 1. The summed E-state index contributed by atoms with van der Waals surface area (Å²) in [5.41, 5.74) is -0.520. The van der Waals surface area contributed by atoms with Crippen molar-refractivity contribution in [3.8, 4) is 0 Å². The normalized spacial score (nSPS) is 28.6. The Morgan fingerprint density at radius 3 is 2.60 bits per heavy atom. The maximum atomic E-state index is 12.1. The van der Waals surface area contributed by atoms with Gasteiger partial charge in [0.2, 0.25) is 0 Å². The van der Waals surface area contributed by atoms with E-state index in [9.17, 15) is 9.59 Å². The summed E-state index contributed by atoms with van der Waals surface area (Å²) in [5.74, 6) is -0.450. The monoisotopic (exact) mass is 284 g/mol. The molecule has 2 fully saturated rings. The highest BCUT2D eigenvalue weighted by Gasteiger charge is 2.43. The van der Waals surface area contributed by atoms with Gasteiger partial charge in [0.1, 0.15) is 12.2 Å². The van der Waals surface area contributed by atoms with Crippen LogP contribution in [0.3, 0.4) is 0 Å². The standard InChI is InChI=1S/C14H24N2O4/c1-10-5-3-4-6-11(10)15-13(19)16-8-14(2,9-16)20-7-12(17)18/h10-11H,3-9H2,1-2H3,(H,15,19)(H,17,18). The van der Waals surface area contributed by atoms with Gasteiger partial charge in [-0.2, -0.15) is 0 Å². The highest BCUT2D eigenvalue weighted by Crippen LogP contribution is 2.27. The summed E-state index contributed by atoms with van der Waals surface area (Å²) in [4.78, 5) is 24.3. The van der Waals surface area contributed by atoms with Crippen molar-refractivity contribution < 1.29 is 19.4 Å². The number of carboxylic acids is 1. The molecular formula is C14H24N2O4. The smallest absolute Gasteiger partial charge is 0.329 e. The summed E-state index contributed by atoms with van der Waals surface area (Å²) in [6, 6.07) is 0.211. The van der Waals surface area contributed by atoms with Crippen molar-refractivity contribution in [1.29, 1.82) is 0 Å². The first kappa shape index (κ1) is 15.1. The zero-order valence-electron chi connectivity index (χ0n) is 12.2. The Morgan fingerprint density at radius 2 is 2.00 bits per heavy atom. The molecule has 0 aromatic heterocycles. The Balaban J connectivity index is 1.74. The second-order valence-corrected chi connectivity index (χ2v) is 6.31. The van der Waals surface area contributed by atoms with Crippen molar-refractivity contribution in [2.45, 2.75) is 51.2 Å². The van der Waals surface area contributed by atoms with Crippen molar-refractivity contribution in [1.82, 2.24) is 10.2 Å². The van der Waals surface area contributed by atoms with E-state index in [1.54, 1.807) is 4.90 Å². The van der Waals surface area contributed by atoms with Crippen molar-refractivity contribution in [2.75, 3.05) is 19.7 Å². The molecule has 0 radical (unpaired) electrons.